The molecule has 0 spiro atoms. The highest BCUT2D eigenvalue weighted by molar-refractivity contribution is 7.89. The number of halogens is 1. The number of carbonyl (C=O) groups excluding carboxylic acids is 1. The van der Waals surface area contributed by atoms with E-state index < -0.39 is 10.0 Å². The lowest BCUT2D eigenvalue weighted by Crippen LogP contribution is -2.50. The number of carbonyl (C=O) groups is 1. The topological polar surface area (TPSA) is 76.2 Å². The maximum absolute atomic E-state index is 13.1. The van der Waals surface area contributed by atoms with Crippen LogP contribution in [0.2, 0.25) is 5.02 Å². The summed E-state index contributed by atoms with van der Waals surface area (Å²) >= 11 is 6.34. The fraction of sp³-hybridized carbons (Fsp3) is 0.435. The fourth-order valence-electron chi connectivity index (χ4n) is 4.08. The second kappa shape index (κ2) is 9.29. The van der Waals surface area contributed by atoms with Crippen LogP contribution < -0.4 is 9.47 Å². The summed E-state index contributed by atoms with van der Waals surface area (Å²) in [6.45, 7) is 6.05. The standard InChI is InChI=1S/C23H27ClN2O5S/c1-16-4-5-21(17(2)12-16)32(28,29)26-8-6-25(7-9-26)22(27)15-18-13-19(24)23-20(14-18)30-10-3-11-31-23/h4-5,12-14H,3,6-11,15H2,1-2H3. The summed E-state index contributed by atoms with van der Waals surface area (Å²) in [5, 5.41) is 0.427. The average molecular weight is 479 g/mol. The number of benzene rings is 2. The van der Waals surface area contributed by atoms with Gasteiger partial charge in [-0.15, -0.1) is 0 Å². The summed E-state index contributed by atoms with van der Waals surface area (Å²) in [5.41, 5.74) is 2.50. The predicted molar refractivity (Wildman–Crippen MR) is 122 cm³/mol. The SMILES string of the molecule is Cc1ccc(S(=O)(=O)N2CCN(C(=O)Cc3cc(Cl)c4c(c3)OCCCO4)CC2)c(C)c1. The Morgan fingerprint density at radius 2 is 1.75 bits per heavy atom. The lowest BCUT2D eigenvalue weighted by molar-refractivity contribution is -0.131. The number of piperazine rings is 1. The molecule has 1 saturated heterocycles. The van der Waals surface area contributed by atoms with E-state index in [2.05, 4.69) is 0 Å². The van der Waals surface area contributed by atoms with E-state index >= 15 is 0 Å². The first-order valence-electron chi connectivity index (χ1n) is 10.7. The molecule has 0 aromatic heterocycles. The zero-order valence-electron chi connectivity index (χ0n) is 18.3. The first-order chi connectivity index (χ1) is 15.3. The van der Waals surface area contributed by atoms with Crippen molar-refractivity contribution in [2.24, 2.45) is 0 Å². The number of fused-ring (bicyclic) bond motifs is 1. The largest absolute Gasteiger partial charge is 0.489 e. The summed E-state index contributed by atoms with van der Waals surface area (Å²) in [6, 6.07) is 8.86. The zero-order valence-corrected chi connectivity index (χ0v) is 19.8. The monoisotopic (exact) mass is 478 g/mol. The Morgan fingerprint density at radius 3 is 2.47 bits per heavy atom. The van der Waals surface area contributed by atoms with Crippen molar-refractivity contribution in [1.29, 1.82) is 0 Å². The minimum absolute atomic E-state index is 0.0703. The molecule has 0 unspecified atom stereocenters. The van der Waals surface area contributed by atoms with Crippen molar-refractivity contribution in [3.63, 3.8) is 0 Å². The highest BCUT2D eigenvalue weighted by Crippen LogP contribution is 2.38. The molecule has 9 heteroatoms. The fourth-order valence-corrected chi connectivity index (χ4v) is 5.99. The molecule has 0 radical (unpaired) electrons. The predicted octanol–water partition coefficient (Wildman–Crippen LogP) is 3.19. The van der Waals surface area contributed by atoms with Gasteiger partial charge in [0.1, 0.15) is 0 Å². The zero-order chi connectivity index (χ0) is 22.9. The molecular weight excluding hydrogens is 452 g/mol. The maximum Gasteiger partial charge on any atom is 0.243 e. The molecular formula is C23H27ClN2O5S. The summed E-state index contributed by atoms with van der Waals surface area (Å²) in [4.78, 5) is 14.9. The minimum atomic E-state index is -3.59. The van der Waals surface area contributed by atoms with Gasteiger partial charge in [-0.2, -0.15) is 4.31 Å². The Morgan fingerprint density at radius 1 is 1.03 bits per heavy atom. The van der Waals surface area contributed by atoms with Crippen molar-refractivity contribution in [3.8, 4) is 11.5 Å². The van der Waals surface area contributed by atoms with Crippen molar-refractivity contribution in [1.82, 2.24) is 9.21 Å². The van der Waals surface area contributed by atoms with E-state index in [-0.39, 0.29) is 25.4 Å². The summed E-state index contributed by atoms with van der Waals surface area (Å²) in [5.74, 6) is 1.01. The van der Waals surface area contributed by atoms with Crippen molar-refractivity contribution < 1.29 is 22.7 Å². The summed E-state index contributed by atoms with van der Waals surface area (Å²) in [7, 11) is -3.59. The van der Waals surface area contributed by atoms with Gasteiger partial charge >= 0.3 is 0 Å². The van der Waals surface area contributed by atoms with Crippen LogP contribution in [0.25, 0.3) is 0 Å². The molecule has 0 bridgehead atoms. The van der Waals surface area contributed by atoms with E-state index in [4.69, 9.17) is 21.1 Å². The van der Waals surface area contributed by atoms with Gasteiger partial charge in [-0.05, 0) is 43.2 Å². The molecule has 2 aromatic carbocycles. The lowest BCUT2D eigenvalue weighted by atomic mass is 10.1. The molecule has 172 valence electrons. The van der Waals surface area contributed by atoms with Crippen LogP contribution in [0.15, 0.2) is 35.2 Å². The molecule has 0 N–H and O–H groups in total. The summed E-state index contributed by atoms with van der Waals surface area (Å²) < 4.78 is 38.9. The molecule has 2 heterocycles. The van der Waals surface area contributed by atoms with Gasteiger partial charge in [0.25, 0.3) is 0 Å². The Hall–Kier alpha value is -2.29. The van der Waals surface area contributed by atoms with Crippen LogP contribution in [0, 0.1) is 13.8 Å². The van der Waals surface area contributed by atoms with Crippen LogP contribution in [-0.2, 0) is 21.2 Å². The van der Waals surface area contributed by atoms with Gasteiger partial charge in [-0.25, -0.2) is 8.42 Å². The van der Waals surface area contributed by atoms with Crippen LogP contribution in [-0.4, -0.2) is 62.9 Å². The van der Waals surface area contributed by atoms with Crippen molar-refractivity contribution in [3.05, 3.63) is 52.0 Å². The molecule has 2 aliphatic rings. The number of hydrogen-bond acceptors (Lipinski definition) is 5. The van der Waals surface area contributed by atoms with Crippen molar-refractivity contribution in [2.75, 3.05) is 39.4 Å². The van der Waals surface area contributed by atoms with E-state index in [1.165, 1.54) is 4.31 Å². The second-order valence-corrected chi connectivity index (χ2v) is 10.5. The minimum Gasteiger partial charge on any atom is -0.489 e. The lowest BCUT2D eigenvalue weighted by Gasteiger charge is -2.34. The number of aryl methyl sites for hydroxylation is 2. The van der Waals surface area contributed by atoms with Crippen LogP contribution in [0.3, 0.4) is 0 Å². The Balaban J connectivity index is 1.41. The molecule has 1 amide bonds. The van der Waals surface area contributed by atoms with Crippen molar-refractivity contribution in [2.45, 2.75) is 31.6 Å². The number of nitrogens with zero attached hydrogens (tertiary/aromatic N) is 2. The highest BCUT2D eigenvalue weighted by atomic mass is 35.5. The Kier molecular flexibility index (Phi) is 6.65. The first kappa shape index (κ1) is 22.9. The first-order valence-corrected chi connectivity index (χ1v) is 12.5. The van der Waals surface area contributed by atoms with Gasteiger partial charge in [0.15, 0.2) is 11.5 Å². The quantitative estimate of drug-likeness (QED) is 0.674. The van der Waals surface area contributed by atoms with E-state index in [9.17, 15) is 13.2 Å². The van der Waals surface area contributed by atoms with E-state index in [1.807, 2.05) is 13.0 Å². The average Bonchev–Trinajstić information content (AvgIpc) is 2.99. The molecule has 2 aromatic rings. The van der Waals surface area contributed by atoms with Gasteiger partial charge in [0, 0.05) is 32.6 Å². The highest BCUT2D eigenvalue weighted by Gasteiger charge is 2.31. The molecule has 32 heavy (non-hydrogen) atoms. The van der Waals surface area contributed by atoms with Gasteiger partial charge in [0.05, 0.1) is 29.6 Å². The van der Waals surface area contributed by atoms with Crippen LogP contribution >= 0.6 is 11.6 Å². The molecule has 2 aliphatic heterocycles. The molecule has 1 fully saturated rings. The molecule has 0 saturated carbocycles. The van der Waals surface area contributed by atoms with Gasteiger partial charge < -0.3 is 14.4 Å². The number of ether oxygens (including phenoxy) is 2. The number of hydrogen-bond donors (Lipinski definition) is 0. The number of sulfonamides is 1. The molecule has 4 rings (SSSR count). The summed E-state index contributed by atoms with van der Waals surface area (Å²) in [6.07, 6.45) is 0.939. The van der Waals surface area contributed by atoms with Gasteiger partial charge in [0.2, 0.25) is 15.9 Å². The van der Waals surface area contributed by atoms with Crippen LogP contribution in [0.5, 0.6) is 11.5 Å². The number of rotatable bonds is 4. The smallest absolute Gasteiger partial charge is 0.243 e. The molecule has 0 atom stereocenters. The third kappa shape index (κ3) is 4.72. The van der Waals surface area contributed by atoms with Gasteiger partial charge in [-0.3, -0.25) is 4.79 Å². The van der Waals surface area contributed by atoms with Crippen LogP contribution in [0.4, 0.5) is 0 Å². The molecule has 0 aliphatic carbocycles. The number of amides is 1. The van der Waals surface area contributed by atoms with Crippen LogP contribution in [0.1, 0.15) is 23.1 Å². The third-order valence-electron chi connectivity index (χ3n) is 5.76. The Labute approximate surface area is 193 Å². The van der Waals surface area contributed by atoms with E-state index in [0.29, 0.717) is 47.7 Å². The van der Waals surface area contributed by atoms with Gasteiger partial charge in [-0.1, -0.05) is 29.3 Å². The third-order valence-corrected chi connectivity index (χ3v) is 8.10. The van der Waals surface area contributed by atoms with Crippen molar-refractivity contribution >= 4 is 27.5 Å². The second-order valence-electron chi connectivity index (χ2n) is 8.19. The van der Waals surface area contributed by atoms with E-state index in [1.54, 1.807) is 36.1 Å². The Bertz CT molecular complexity index is 1130. The maximum atomic E-state index is 13.1. The molecule has 7 nitrogen and oxygen atoms in total. The van der Waals surface area contributed by atoms with E-state index in [0.717, 1.165) is 23.1 Å². The normalized spacial score (nSPS) is 17.2.